The Hall–Kier alpha value is -2.10. The molecule has 0 aromatic heterocycles. The molecule has 0 heterocycles. The van der Waals surface area contributed by atoms with Crippen LogP contribution in [-0.4, -0.2) is 50.5 Å². The van der Waals surface area contributed by atoms with E-state index in [1.165, 1.54) is 4.90 Å². The average Bonchev–Trinajstić information content (AvgIpc) is 2.78. The maximum atomic E-state index is 13.6. The average molecular weight is 573 g/mol. The molecule has 0 saturated heterocycles. The monoisotopic (exact) mass is 571 g/mol. The van der Waals surface area contributed by atoms with Gasteiger partial charge in [0.05, 0.1) is 11.9 Å². The van der Waals surface area contributed by atoms with E-state index in [4.69, 9.17) is 11.6 Å². The van der Waals surface area contributed by atoms with Gasteiger partial charge in [-0.05, 0) is 58.6 Å². The van der Waals surface area contributed by atoms with Crippen molar-refractivity contribution in [3.63, 3.8) is 0 Å². The van der Waals surface area contributed by atoms with E-state index in [1.54, 1.807) is 48.5 Å². The van der Waals surface area contributed by atoms with Gasteiger partial charge in [-0.2, -0.15) is 0 Å². The fourth-order valence-corrected chi connectivity index (χ4v) is 5.06. The quantitative estimate of drug-likeness (QED) is 0.377. The maximum absolute atomic E-state index is 13.6. The lowest BCUT2D eigenvalue weighted by molar-refractivity contribution is -0.140. The summed E-state index contributed by atoms with van der Waals surface area (Å²) >= 11 is 9.37. The number of rotatable bonds is 12. The Morgan fingerprint density at radius 2 is 1.74 bits per heavy atom. The molecule has 0 saturated carbocycles. The van der Waals surface area contributed by atoms with Crippen LogP contribution in [0.5, 0.6) is 0 Å². The number of nitrogens with one attached hydrogen (secondary N) is 1. The molecular formula is C24H31BrClN3O4S. The number of sulfonamides is 1. The third kappa shape index (κ3) is 7.99. The minimum Gasteiger partial charge on any atom is -0.354 e. The van der Waals surface area contributed by atoms with Gasteiger partial charge in [0.2, 0.25) is 21.8 Å². The van der Waals surface area contributed by atoms with Gasteiger partial charge in [0.15, 0.2) is 0 Å². The maximum Gasteiger partial charge on any atom is 0.244 e. The third-order valence-corrected chi connectivity index (χ3v) is 7.33. The third-order valence-electron chi connectivity index (χ3n) is 5.28. The number of amides is 2. The first-order chi connectivity index (χ1) is 16.1. The molecule has 10 heteroatoms. The van der Waals surface area contributed by atoms with E-state index in [9.17, 15) is 18.0 Å². The Kier molecular flexibility index (Phi) is 10.9. The smallest absolute Gasteiger partial charge is 0.244 e. The highest BCUT2D eigenvalue weighted by molar-refractivity contribution is 9.10. The fraction of sp³-hybridized carbons (Fsp3) is 0.417. The van der Waals surface area contributed by atoms with Crippen molar-refractivity contribution in [3.05, 3.63) is 63.6 Å². The van der Waals surface area contributed by atoms with Crippen LogP contribution in [0.15, 0.2) is 53.0 Å². The van der Waals surface area contributed by atoms with Gasteiger partial charge in [-0.3, -0.25) is 13.9 Å². The molecule has 2 aromatic carbocycles. The molecule has 1 N–H and O–H groups in total. The van der Waals surface area contributed by atoms with E-state index in [2.05, 4.69) is 21.2 Å². The number of unbranched alkanes of at least 4 members (excludes halogenated alkanes) is 1. The zero-order valence-corrected chi connectivity index (χ0v) is 22.8. The van der Waals surface area contributed by atoms with Gasteiger partial charge in [0, 0.05) is 22.6 Å². The van der Waals surface area contributed by atoms with Crippen molar-refractivity contribution in [1.29, 1.82) is 0 Å². The summed E-state index contributed by atoms with van der Waals surface area (Å²) in [5.41, 5.74) is 1.13. The van der Waals surface area contributed by atoms with E-state index in [0.29, 0.717) is 28.1 Å². The standard InChI is InChI=1S/C24H31BrClN3O4S/c1-4-6-15-27-24(31)21(5-2)28(16-18-11-13-19(26)14-12-18)23(30)17-29(34(3,32)33)22-10-8-7-9-20(22)25/h7-14,21H,4-6,15-17H2,1-3H3,(H,27,31)/t21-/m1/s1. The Labute approximate surface area is 215 Å². The summed E-state index contributed by atoms with van der Waals surface area (Å²) in [4.78, 5) is 28.0. The SMILES string of the molecule is CCCCNC(=O)[C@@H](CC)N(Cc1ccc(Cl)cc1)C(=O)CN(c1ccccc1Br)S(C)(=O)=O. The van der Waals surface area contributed by atoms with Crippen LogP contribution in [0.4, 0.5) is 5.69 Å². The first kappa shape index (κ1) is 28.1. The molecule has 2 amide bonds. The van der Waals surface area contributed by atoms with Crippen LogP contribution in [0.3, 0.4) is 0 Å². The molecule has 0 radical (unpaired) electrons. The number of hydrogen-bond donors (Lipinski definition) is 1. The number of nitrogens with zero attached hydrogens (tertiary/aromatic N) is 2. The number of carbonyl (C=O) groups is 2. The zero-order chi connectivity index (χ0) is 25.3. The molecule has 34 heavy (non-hydrogen) atoms. The number of hydrogen-bond acceptors (Lipinski definition) is 4. The highest BCUT2D eigenvalue weighted by atomic mass is 79.9. The predicted molar refractivity (Wildman–Crippen MR) is 140 cm³/mol. The molecule has 0 aliphatic heterocycles. The van der Waals surface area contributed by atoms with Crippen LogP contribution in [0.1, 0.15) is 38.7 Å². The fourth-order valence-electron chi connectivity index (χ4n) is 3.46. The van der Waals surface area contributed by atoms with E-state index < -0.39 is 28.5 Å². The van der Waals surface area contributed by atoms with E-state index in [1.807, 2.05) is 13.8 Å². The normalized spacial score (nSPS) is 12.1. The molecule has 7 nitrogen and oxygen atoms in total. The van der Waals surface area contributed by atoms with Crippen LogP contribution < -0.4 is 9.62 Å². The molecule has 0 fully saturated rings. The largest absolute Gasteiger partial charge is 0.354 e. The lowest BCUT2D eigenvalue weighted by Gasteiger charge is -2.33. The lowest BCUT2D eigenvalue weighted by atomic mass is 10.1. The molecule has 1 atom stereocenters. The van der Waals surface area contributed by atoms with Crippen molar-refractivity contribution in [2.24, 2.45) is 0 Å². The first-order valence-electron chi connectivity index (χ1n) is 11.1. The highest BCUT2D eigenvalue weighted by Crippen LogP contribution is 2.28. The zero-order valence-electron chi connectivity index (χ0n) is 19.6. The molecule has 2 aromatic rings. The van der Waals surface area contributed by atoms with E-state index >= 15 is 0 Å². The van der Waals surface area contributed by atoms with Gasteiger partial charge in [0.1, 0.15) is 12.6 Å². The van der Waals surface area contributed by atoms with Gasteiger partial charge >= 0.3 is 0 Å². The second-order valence-electron chi connectivity index (χ2n) is 7.94. The number of benzene rings is 2. The highest BCUT2D eigenvalue weighted by Gasteiger charge is 2.32. The van der Waals surface area contributed by atoms with Crippen molar-refractivity contribution < 1.29 is 18.0 Å². The topological polar surface area (TPSA) is 86.8 Å². The van der Waals surface area contributed by atoms with Crippen molar-refractivity contribution in [3.8, 4) is 0 Å². The number of carbonyl (C=O) groups excluding carboxylic acids is 2. The van der Waals surface area contributed by atoms with Crippen molar-refractivity contribution >= 4 is 55.1 Å². The number of para-hydroxylation sites is 1. The summed E-state index contributed by atoms with van der Waals surface area (Å²) in [7, 11) is -3.78. The van der Waals surface area contributed by atoms with Crippen molar-refractivity contribution in [1.82, 2.24) is 10.2 Å². The molecule has 0 aliphatic carbocycles. The lowest BCUT2D eigenvalue weighted by Crippen LogP contribution is -2.52. The van der Waals surface area contributed by atoms with Crippen LogP contribution in [0.2, 0.25) is 5.02 Å². The van der Waals surface area contributed by atoms with Crippen LogP contribution in [-0.2, 0) is 26.2 Å². The second kappa shape index (κ2) is 13.1. The molecule has 0 spiro atoms. The predicted octanol–water partition coefficient (Wildman–Crippen LogP) is 4.59. The number of halogens is 2. The molecule has 0 bridgehead atoms. The molecular weight excluding hydrogens is 542 g/mol. The summed E-state index contributed by atoms with van der Waals surface area (Å²) in [6.45, 7) is 4.08. The van der Waals surface area contributed by atoms with Gasteiger partial charge in [-0.25, -0.2) is 8.42 Å². The van der Waals surface area contributed by atoms with Crippen LogP contribution >= 0.6 is 27.5 Å². The summed E-state index contributed by atoms with van der Waals surface area (Å²) in [6, 6.07) is 13.0. The van der Waals surface area contributed by atoms with Crippen LogP contribution in [0.25, 0.3) is 0 Å². The molecule has 186 valence electrons. The Balaban J connectivity index is 2.40. The first-order valence-corrected chi connectivity index (χ1v) is 14.1. The van der Waals surface area contributed by atoms with Gasteiger partial charge in [0.25, 0.3) is 0 Å². The second-order valence-corrected chi connectivity index (χ2v) is 11.1. The van der Waals surface area contributed by atoms with E-state index in [0.717, 1.165) is 29.0 Å². The summed E-state index contributed by atoms with van der Waals surface area (Å²) in [6.07, 6.45) is 3.19. The Morgan fingerprint density at radius 1 is 1.09 bits per heavy atom. The Bertz CT molecular complexity index is 1080. The molecule has 0 aliphatic rings. The molecule has 0 unspecified atom stereocenters. The minimum atomic E-state index is -3.78. The summed E-state index contributed by atoms with van der Waals surface area (Å²) < 4.78 is 26.8. The summed E-state index contributed by atoms with van der Waals surface area (Å²) in [5.74, 6) is -0.737. The van der Waals surface area contributed by atoms with Gasteiger partial charge in [-0.15, -0.1) is 0 Å². The van der Waals surface area contributed by atoms with E-state index in [-0.39, 0.29) is 12.5 Å². The summed E-state index contributed by atoms with van der Waals surface area (Å²) in [5, 5.41) is 3.45. The minimum absolute atomic E-state index is 0.142. The van der Waals surface area contributed by atoms with Gasteiger partial charge < -0.3 is 10.2 Å². The number of anilines is 1. The van der Waals surface area contributed by atoms with Crippen molar-refractivity contribution in [2.75, 3.05) is 23.7 Å². The van der Waals surface area contributed by atoms with Crippen molar-refractivity contribution in [2.45, 2.75) is 45.7 Å². The molecule has 2 rings (SSSR count). The van der Waals surface area contributed by atoms with Crippen LogP contribution in [0, 0.1) is 0 Å². The van der Waals surface area contributed by atoms with Gasteiger partial charge in [-0.1, -0.05) is 56.1 Å². The Morgan fingerprint density at radius 3 is 2.29 bits per heavy atom.